The average molecular weight is 601 g/mol. The highest BCUT2D eigenvalue weighted by Gasteiger charge is 2.56. The van der Waals surface area contributed by atoms with Gasteiger partial charge in [0, 0.05) is 37.0 Å². The first kappa shape index (κ1) is 29.0. The van der Waals surface area contributed by atoms with Gasteiger partial charge in [-0.1, -0.05) is 42.8 Å². The summed E-state index contributed by atoms with van der Waals surface area (Å²) in [4.78, 5) is 20.3. The predicted octanol–water partition coefficient (Wildman–Crippen LogP) is 5.39. The summed E-state index contributed by atoms with van der Waals surface area (Å²) in [7, 11) is 1.78. The molecule has 10 heteroatoms. The number of aryl methyl sites for hydroxylation is 1. The molecular weight excluding hydrogens is 571 g/mol. The molecule has 2 aliphatic rings. The van der Waals surface area contributed by atoms with Crippen LogP contribution in [0.15, 0.2) is 73.2 Å². The molecule has 1 amide bonds. The molecule has 1 aromatic heterocycles. The van der Waals surface area contributed by atoms with E-state index in [2.05, 4.69) is 11.1 Å². The Morgan fingerprint density at radius 2 is 1.98 bits per heavy atom. The quantitative estimate of drug-likeness (QED) is 0.291. The van der Waals surface area contributed by atoms with Crippen LogP contribution in [0.5, 0.6) is 0 Å². The lowest BCUT2D eigenvalue weighted by atomic mass is 9.84. The van der Waals surface area contributed by atoms with E-state index in [-0.39, 0.29) is 29.7 Å². The van der Waals surface area contributed by atoms with Gasteiger partial charge < -0.3 is 19.1 Å². The van der Waals surface area contributed by atoms with Gasteiger partial charge in [-0.2, -0.15) is 5.26 Å². The number of nitriles is 1. The number of rotatable bonds is 8. The van der Waals surface area contributed by atoms with Gasteiger partial charge in [0.1, 0.15) is 11.4 Å². The van der Waals surface area contributed by atoms with Gasteiger partial charge in [0.2, 0.25) is 5.72 Å². The molecule has 4 aromatic rings. The summed E-state index contributed by atoms with van der Waals surface area (Å²) < 4.78 is 30.9. The maximum Gasteiger partial charge on any atom is 0.257 e. The number of ether oxygens (including phenoxy) is 2. The fourth-order valence-corrected chi connectivity index (χ4v) is 6.13. The molecule has 43 heavy (non-hydrogen) atoms. The Labute approximate surface area is 253 Å². The number of fused-ring (bicyclic) bond motifs is 1. The van der Waals surface area contributed by atoms with Gasteiger partial charge in [-0.25, -0.2) is 9.37 Å². The Bertz CT molecular complexity index is 1710. The Morgan fingerprint density at radius 3 is 2.58 bits per heavy atom. The number of carbonyl (C=O) groups excluding carboxylic acids is 1. The van der Waals surface area contributed by atoms with E-state index in [0.29, 0.717) is 41.5 Å². The summed E-state index contributed by atoms with van der Waals surface area (Å²) >= 11 is 6.26. The summed E-state index contributed by atoms with van der Waals surface area (Å²) in [6.45, 7) is 2.61. The topological polar surface area (TPSA) is 101 Å². The van der Waals surface area contributed by atoms with E-state index < -0.39 is 29.2 Å². The van der Waals surface area contributed by atoms with E-state index in [1.165, 1.54) is 11.0 Å². The van der Waals surface area contributed by atoms with E-state index in [1.54, 1.807) is 85.7 Å². The van der Waals surface area contributed by atoms with Crippen LogP contribution in [0.4, 0.5) is 4.39 Å². The van der Waals surface area contributed by atoms with Crippen LogP contribution in [-0.4, -0.2) is 44.8 Å². The van der Waals surface area contributed by atoms with Crippen molar-refractivity contribution in [2.45, 2.75) is 43.7 Å². The molecule has 6 rings (SSSR count). The molecule has 220 valence electrons. The van der Waals surface area contributed by atoms with Crippen molar-refractivity contribution in [3.05, 3.63) is 123 Å². The van der Waals surface area contributed by atoms with Gasteiger partial charge in [-0.3, -0.25) is 9.69 Å². The van der Waals surface area contributed by atoms with Gasteiger partial charge in [0.15, 0.2) is 0 Å². The van der Waals surface area contributed by atoms with Crippen LogP contribution in [-0.2, 0) is 34.4 Å². The monoisotopic (exact) mass is 600 g/mol. The number of nitrogens with zero attached hydrogens (tertiary/aromatic N) is 4. The largest absolute Gasteiger partial charge is 0.379 e. The molecule has 8 nitrogen and oxygen atoms in total. The van der Waals surface area contributed by atoms with Crippen LogP contribution in [0, 0.1) is 17.1 Å². The third kappa shape index (κ3) is 4.90. The molecule has 0 bridgehead atoms. The van der Waals surface area contributed by atoms with Crippen molar-refractivity contribution in [2.75, 3.05) is 13.2 Å². The third-order valence-corrected chi connectivity index (χ3v) is 8.54. The molecule has 0 saturated carbocycles. The van der Waals surface area contributed by atoms with Crippen LogP contribution in [0.1, 0.15) is 63.6 Å². The third-order valence-electron chi connectivity index (χ3n) is 8.29. The molecule has 0 radical (unpaired) electrons. The van der Waals surface area contributed by atoms with Crippen LogP contribution in [0.2, 0.25) is 5.02 Å². The van der Waals surface area contributed by atoms with Crippen LogP contribution in [0.3, 0.4) is 0 Å². The number of aliphatic hydroxyl groups is 1. The first-order valence-electron chi connectivity index (χ1n) is 14.1. The zero-order valence-corrected chi connectivity index (χ0v) is 24.5. The minimum Gasteiger partial charge on any atom is -0.379 e. The maximum atomic E-state index is 16.8. The summed E-state index contributed by atoms with van der Waals surface area (Å²) in [5.74, 6) is -1.16. The molecule has 1 unspecified atom stereocenters. The Balaban J connectivity index is 1.58. The standard InChI is InChI=1S/C33H30ClFN4O4/c1-3-32(41,29-18-38(2)20-37-29)24-14-27-30(28(35)15-24)33(43-26-12-13-42-19-26,23-8-10-25(34)11-9-23)39(31(27)40)17-22-6-4-21(16-36)5-7-22/h4-11,14-15,18,20,26,41H,3,12-13,17,19H2,1-2H3/t26-,32?,33+/m0/s1. The molecule has 1 fully saturated rings. The zero-order chi connectivity index (χ0) is 30.4. The van der Waals surface area contributed by atoms with Gasteiger partial charge in [-0.15, -0.1) is 0 Å². The maximum absolute atomic E-state index is 16.8. The van der Waals surface area contributed by atoms with Crippen molar-refractivity contribution in [1.29, 1.82) is 5.26 Å². The highest BCUT2D eigenvalue weighted by atomic mass is 35.5. The molecule has 1 N–H and O–H groups in total. The van der Waals surface area contributed by atoms with Gasteiger partial charge in [0.25, 0.3) is 5.91 Å². The first-order valence-corrected chi connectivity index (χ1v) is 14.5. The first-order chi connectivity index (χ1) is 20.7. The number of amides is 1. The molecule has 0 spiro atoms. The fraction of sp³-hybridized carbons (Fsp3) is 0.303. The normalized spacial score (nSPS) is 21.1. The minimum atomic E-state index is -1.67. The molecule has 3 atom stereocenters. The second-order valence-corrected chi connectivity index (χ2v) is 11.4. The lowest BCUT2D eigenvalue weighted by molar-refractivity contribution is -0.148. The Hall–Kier alpha value is -4.07. The number of hydrogen-bond donors (Lipinski definition) is 1. The minimum absolute atomic E-state index is 0.0580. The van der Waals surface area contributed by atoms with Crippen molar-refractivity contribution >= 4 is 17.5 Å². The lowest BCUT2D eigenvalue weighted by Gasteiger charge is -2.41. The molecule has 3 heterocycles. The Morgan fingerprint density at radius 1 is 1.23 bits per heavy atom. The Kier molecular flexibility index (Phi) is 7.57. The number of aromatic nitrogens is 2. The molecule has 1 saturated heterocycles. The highest BCUT2D eigenvalue weighted by Crippen LogP contribution is 2.50. The van der Waals surface area contributed by atoms with Crippen molar-refractivity contribution in [3.8, 4) is 6.07 Å². The number of imidazole rings is 1. The summed E-state index contributed by atoms with van der Waals surface area (Å²) in [6.07, 6.45) is 3.59. The predicted molar refractivity (Wildman–Crippen MR) is 156 cm³/mol. The van der Waals surface area contributed by atoms with E-state index in [0.717, 1.165) is 5.56 Å². The average Bonchev–Trinajstić information content (AvgIpc) is 3.75. The van der Waals surface area contributed by atoms with Crippen molar-refractivity contribution < 1.29 is 23.8 Å². The number of halogens is 2. The smallest absolute Gasteiger partial charge is 0.257 e. The van der Waals surface area contributed by atoms with E-state index in [1.807, 2.05) is 0 Å². The van der Waals surface area contributed by atoms with Crippen molar-refractivity contribution in [2.24, 2.45) is 7.05 Å². The second kappa shape index (κ2) is 11.2. The van der Waals surface area contributed by atoms with Gasteiger partial charge in [0.05, 0.1) is 47.5 Å². The number of hydrogen-bond acceptors (Lipinski definition) is 6. The van der Waals surface area contributed by atoms with Crippen LogP contribution >= 0.6 is 11.6 Å². The highest BCUT2D eigenvalue weighted by molar-refractivity contribution is 6.30. The second-order valence-electron chi connectivity index (χ2n) is 11.0. The number of carbonyl (C=O) groups is 1. The molecule has 0 aliphatic carbocycles. The summed E-state index contributed by atoms with van der Waals surface area (Å²) in [6, 6.07) is 18.6. The molecular formula is C33H30ClFN4O4. The SMILES string of the molecule is CCC(O)(c1cc(F)c2c(c1)C(=O)N(Cc1ccc(C#N)cc1)[C@@]2(O[C@H]1CCOC1)c1ccc(Cl)cc1)c1cn(C)cn1. The van der Waals surface area contributed by atoms with Crippen molar-refractivity contribution in [3.63, 3.8) is 0 Å². The number of benzene rings is 3. The molecule has 3 aromatic carbocycles. The summed E-state index contributed by atoms with van der Waals surface area (Å²) in [5.41, 5.74) is -0.873. The van der Waals surface area contributed by atoms with E-state index in [4.69, 9.17) is 21.1 Å². The van der Waals surface area contributed by atoms with Gasteiger partial charge >= 0.3 is 0 Å². The van der Waals surface area contributed by atoms with Crippen molar-refractivity contribution in [1.82, 2.24) is 14.5 Å². The van der Waals surface area contributed by atoms with Crippen LogP contribution in [0.25, 0.3) is 0 Å². The van der Waals surface area contributed by atoms with E-state index >= 15 is 4.39 Å². The van der Waals surface area contributed by atoms with Gasteiger partial charge in [-0.05, 0) is 60.4 Å². The molecule has 2 aliphatic heterocycles. The fourth-order valence-electron chi connectivity index (χ4n) is 6.01. The zero-order valence-electron chi connectivity index (χ0n) is 23.8. The summed E-state index contributed by atoms with van der Waals surface area (Å²) in [5, 5.41) is 21.6. The lowest BCUT2D eigenvalue weighted by Crippen LogP contribution is -2.49. The van der Waals surface area contributed by atoms with E-state index in [9.17, 15) is 15.2 Å². The van der Waals surface area contributed by atoms with Crippen LogP contribution < -0.4 is 0 Å².